The van der Waals surface area contributed by atoms with Gasteiger partial charge in [-0.25, -0.2) is 13.2 Å². The highest BCUT2D eigenvalue weighted by Gasteiger charge is 2.32. The maximum atomic E-state index is 12.9. The van der Waals surface area contributed by atoms with Crippen LogP contribution in [0, 0.1) is 13.8 Å². The van der Waals surface area contributed by atoms with Crippen molar-refractivity contribution in [1.29, 1.82) is 0 Å². The Morgan fingerprint density at radius 1 is 1.25 bits per heavy atom. The number of quaternary nitrogens is 1. The molecule has 0 saturated carbocycles. The molecule has 0 aromatic carbocycles. The second-order valence-corrected chi connectivity index (χ2v) is 9.98. The van der Waals surface area contributed by atoms with Gasteiger partial charge in [-0.1, -0.05) is 0 Å². The van der Waals surface area contributed by atoms with Crippen molar-refractivity contribution in [3.63, 3.8) is 0 Å². The van der Waals surface area contributed by atoms with E-state index < -0.39 is 9.84 Å². The third-order valence-electron chi connectivity index (χ3n) is 5.77. The number of carbonyl (C=O) groups excluding carboxylic acids is 2. The predicted molar refractivity (Wildman–Crippen MR) is 105 cm³/mol. The van der Waals surface area contributed by atoms with E-state index in [0.717, 1.165) is 16.3 Å². The monoisotopic (exact) mass is 412 g/mol. The molecule has 8 nitrogen and oxygen atoms in total. The van der Waals surface area contributed by atoms with E-state index in [1.54, 1.807) is 11.8 Å². The number of piperazine rings is 1. The quantitative estimate of drug-likeness (QED) is 0.688. The van der Waals surface area contributed by atoms with Crippen molar-refractivity contribution >= 4 is 21.7 Å². The van der Waals surface area contributed by atoms with Gasteiger partial charge in [0, 0.05) is 23.0 Å². The summed E-state index contributed by atoms with van der Waals surface area (Å²) in [5.74, 6) is 0.435. The molecule has 0 spiro atoms. The van der Waals surface area contributed by atoms with Gasteiger partial charge in [0.1, 0.15) is 6.54 Å². The summed E-state index contributed by atoms with van der Waals surface area (Å²) in [6, 6.07) is 1.81. The average Bonchev–Trinajstić information content (AvgIpc) is 3.14. The number of nitrogens with one attached hydrogen (secondary N) is 1. The number of aromatic nitrogens is 1. The zero-order valence-corrected chi connectivity index (χ0v) is 17.7. The molecule has 0 aliphatic carbocycles. The van der Waals surface area contributed by atoms with Crippen molar-refractivity contribution in [1.82, 2.24) is 9.47 Å². The van der Waals surface area contributed by atoms with Gasteiger partial charge in [-0.05, 0) is 33.3 Å². The zero-order chi connectivity index (χ0) is 20.5. The molecule has 1 amide bonds. The summed E-state index contributed by atoms with van der Waals surface area (Å²) in [6.07, 6.45) is 0.316. The van der Waals surface area contributed by atoms with E-state index >= 15 is 0 Å². The van der Waals surface area contributed by atoms with E-state index in [-0.39, 0.29) is 29.4 Å². The molecule has 1 aromatic heterocycles. The lowest BCUT2D eigenvalue weighted by atomic mass is 10.1. The second-order valence-electron chi connectivity index (χ2n) is 7.75. The van der Waals surface area contributed by atoms with E-state index in [0.29, 0.717) is 51.3 Å². The van der Waals surface area contributed by atoms with E-state index in [1.807, 2.05) is 24.5 Å². The van der Waals surface area contributed by atoms with Crippen LogP contribution in [-0.4, -0.2) is 80.6 Å². The molecular weight excluding hydrogens is 382 g/mol. The van der Waals surface area contributed by atoms with Crippen LogP contribution in [0.5, 0.6) is 0 Å². The van der Waals surface area contributed by atoms with Gasteiger partial charge in [-0.15, -0.1) is 0 Å². The maximum absolute atomic E-state index is 12.9. The van der Waals surface area contributed by atoms with Gasteiger partial charge < -0.3 is 14.2 Å². The minimum absolute atomic E-state index is 0.0692. The SMILES string of the molecule is CCOC(=O)N1CC[NH+](CC(=O)c2cc(C)n([C@H]3CCS(=O)(=O)C3)c2C)CC1. The van der Waals surface area contributed by atoms with Crippen molar-refractivity contribution in [2.45, 2.75) is 33.2 Å². The summed E-state index contributed by atoms with van der Waals surface area (Å²) < 4.78 is 30.7. The first kappa shape index (κ1) is 20.9. The zero-order valence-electron chi connectivity index (χ0n) is 16.9. The Hall–Kier alpha value is -1.87. The molecule has 1 N–H and O–H groups in total. The van der Waals surface area contributed by atoms with Crippen molar-refractivity contribution in [3.05, 3.63) is 23.0 Å². The van der Waals surface area contributed by atoms with E-state index in [2.05, 4.69) is 0 Å². The number of ketones is 1. The molecular formula is C19H30N3O5S+. The number of sulfone groups is 1. The Morgan fingerprint density at radius 2 is 1.93 bits per heavy atom. The van der Waals surface area contributed by atoms with Crippen LogP contribution in [0.25, 0.3) is 0 Å². The number of aryl methyl sites for hydroxylation is 1. The molecule has 1 atom stereocenters. The van der Waals surface area contributed by atoms with Gasteiger partial charge in [0.2, 0.25) is 5.78 Å². The van der Waals surface area contributed by atoms with Crippen molar-refractivity contribution in [2.75, 3.05) is 50.8 Å². The Bertz CT molecular complexity index is 853. The number of amides is 1. The predicted octanol–water partition coefficient (Wildman–Crippen LogP) is 0.00424. The van der Waals surface area contributed by atoms with Gasteiger partial charge in [0.05, 0.1) is 44.3 Å². The second kappa shape index (κ2) is 8.24. The number of ether oxygens (including phenoxy) is 1. The van der Waals surface area contributed by atoms with Crippen molar-refractivity contribution < 1.29 is 27.6 Å². The van der Waals surface area contributed by atoms with Crippen LogP contribution in [0.3, 0.4) is 0 Å². The minimum Gasteiger partial charge on any atom is -0.450 e. The molecule has 2 saturated heterocycles. The minimum atomic E-state index is -2.98. The van der Waals surface area contributed by atoms with E-state index in [9.17, 15) is 18.0 Å². The summed E-state index contributed by atoms with van der Waals surface area (Å²) in [5, 5.41) is 0. The number of Topliss-reactive ketones (excluding diaryl/α,β-unsaturated/α-hetero) is 1. The van der Waals surface area contributed by atoms with Gasteiger partial charge in [-0.2, -0.15) is 0 Å². The lowest BCUT2D eigenvalue weighted by molar-refractivity contribution is -0.895. The van der Waals surface area contributed by atoms with E-state index in [4.69, 9.17) is 4.74 Å². The Morgan fingerprint density at radius 3 is 2.50 bits per heavy atom. The maximum Gasteiger partial charge on any atom is 0.410 e. The summed E-state index contributed by atoms with van der Waals surface area (Å²) in [4.78, 5) is 27.5. The van der Waals surface area contributed by atoms with Crippen LogP contribution < -0.4 is 4.90 Å². The molecule has 28 heavy (non-hydrogen) atoms. The standard InChI is InChI=1S/C19H29N3O5S/c1-4-27-19(24)21-8-6-20(7-9-21)12-18(23)17-11-14(2)22(15(17)3)16-5-10-28(25,26)13-16/h11,16H,4-10,12-13H2,1-3H3/p+1/t16-/m0/s1. The highest BCUT2D eigenvalue weighted by atomic mass is 32.2. The van der Waals surface area contributed by atoms with Crippen LogP contribution in [0.1, 0.15) is 41.1 Å². The first-order chi connectivity index (χ1) is 13.2. The smallest absolute Gasteiger partial charge is 0.410 e. The fourth-order valence-electron chi connectivity index (χ4n) is 4.32. The molecule has 9 heteroatoms. The third-order valence-corrected chi connectivity index (χ3v) is 7.52. The van der Waals surface area contributed by atoms with Crippen LogP contribution >= 0.6 is 0 Å². The fraction of sp³-hybridized carbons (Fsp3) is 0.684. The topological polar surface area (TPSA) is 90.1 Å². The number of hydrogen-bond donors (Lipinski definition) is 1. The summed E-state index contributed by atoms with van der Waals surface area (Å²) in [6.45, 7) is 8.95. The summed E-state index contributed by atoms with van der Waals surface area (Å²) in [7, 11) is -2.98. The van der Waals surface area contributed by atoms with Gasteiger partial charge >= 0.3 is 6.09 Å². The Labute approximate surface area is 166 Å². The molecule has 1 aromatic rings. The van der Waals surface area contributed by atoms with Gasteiger partial charge in [0.15, 0.2) is 9.84 Å². The van der Waals surface area contributed by atoms with Crippen LogP contribution in [-0.2, 0) is 14.6 Å². The van der Waals surface area contributed by atoms with Gasteiger partial charge in [-0.3, -0.25) is 9.69 Å². The molecule has 0 bridgehead atoms. The molecule has 0 radical (unpaired) electrons. The van der Waals surface area contributed by atoms with Gasteiger partial charge in [0.25, 0.3) is 0 Å². The molecule has 3 rings (SSSR count). The first-order valence-corrected chi connectivity index (χ1v) is 11.7. The lowest BCUT2D eigenvalue weighted by Gasteiger charge is -2.31. The number of carbonyl (C=O) groups is 2. The van der Waals surface area contributed by atoms with E-state index in [1.165, 1.54) is 0 Å². The largest absolute Gasteiger partial charge is 0.450 e. The molecule has 2 aliphatic heterocycles. The lowest BCUT2D eigenvalue weighted by Crippen LogP contribution is -3.15. The summed E-state index contributed by atoms with van der Waals surface area (Å²) >= 11 is 0. The van der Waals surface area contributed by atoms with Crippen molar-refractivity contribution in [2.24, 2.45) is 0 Å². The fourth-order valence-corrected chi connectivity index (χ4v) is 6.02. The van der Waals surface area contributed by atoms with Crippen LogP contribution in [0.2, 0.25) is 0 Å². The summed E-state index contributed by atoms with van der Waals surface area (Å²) in [5.41, 5.74) is 2.47. The Balaban J connectivity index is 1.63. The third kappa shape index (κ3) is 4.41. The number of nitrogens with zero attached hydrogens (tertiary/aromatic N) is 2. The number of rotatable bonds is 5. The van der Waals surface area contributed by atoms with Crippen LogP contribution in [0.15, 0.2) is 6.07 Å². The normalized spacial score (nSPS) is 22.4. The highest BCUT2D eigenvalue weighted by Crippen LogP contribution is 2.29. The average molecular weight is 413 g/mol. The van der Waals surface area contributed by atoms with Crippen molar-refractivity contribution in [3.8, 4) is 0 Å². The number of hydrogen-bond acceptors (Lipinski definition) is 5. The molecule has 2 fully saturated rings. The highest BCUT2D eigenvalue weighted by molar-refractivity contribution is 7.91. The molecule has 0 unspecified atom stereocenters. The van der Waals surface area contributed by atoms with Crippen LogP contribution in [0.4, 0.5) is 4.79 Å². The molecule has 2 aliphatic rings. The Kier molecular flexibility index (Phi) is 6.14. The molecule has 156 valence electrons. The molecule has 3 heterocycles. The first-order valence-electron chi connectivity index (χ1n) is 9.89.